The first-order chi connectivity index (χ1) is 30.9. The lowest BCUT2D eigenvalue weighted by atomic mass is 9.46. The van der Waals surface area contributed by atoms with Gasteiger partial charge >= 0.3 is 17.9 Å². The van der Waals surface area contributed by atoms with Gasteiger partial charge in [0.05, 0.1) is 16.2 Å². The summed E-state index contributed by atoms with van der Waals surface area (Å²) in [6, 6.07) is 6.92. The second-order valence-corrected chi connectivity index (χ2v) is 25.2. The van der Waals surface area contributed by atoms with E-state index in [-0.39, 0.29) is 57.8 Å². The van der Waals surface area contributed by atoms with Crippen LogP contribution in [0.4, 0.5) is 0 Å². The molecule has 6 heteroatoms. The number of benzene rings is 1. The highest BCUT2D eigenvalue weighted by atomic mass is 16.4. The molecule has 6 nitrogen and oxygen atoms in total. The lowest BCUT2D eigenvalue weighted by molar-refractivity contribution is -0.164. The molecule has 396 valence electrons. The minimum atomic E-state index is -0.606. The maximum Gasteiger partial charge on any atom is 0.309 e. The highest BCUT2D eigenvalue weighted by Gasteiger charge is 2.59. The molecule has 4 fully saturated rings. The monoisotopic (exact) mass is 969 g/mol. The molecule has 0 radical (unpaired) electrons. The molecule has 0 aromatic heterocycles. The van der Waals surface area contributed by atoms with Gasteiger partial charge in [0.2, 0.25) is 0 Å². The van der Waals surface area contributed by atoms with Crippen molar-refractivity contribution in [2.45, 2.75) is 233 Å². The molecule has 0 saturated heterocycles. The van der Waals surface area contributed by atoms with Crippen LogP contribution in [0, 0.1) is 68.5 Å². The van der Waals surface area contributed by atoms with Crippen LogP contribution in [-0.4, -0.2) is 33.2 Å². The van der Waals surface area contributed by atoms with Gasteiger partial charge in [-0.25, -0.2) is 0 Å². The summed E-state index contributed by atoms with van der Waals surface area (Å²) < 4.78 is 0. The second-order valence-electron chi connectivity index (χ2n) is 25.2. The van der Waals surface area contributed by atoms with E-state index in [9.17, 15) is 29.7 Å². The quantitative estimate of drug-likeness (QED) is 0.262. The number of aliphatic carboxylic acids is 3. The average molecular weight is 970 g/mol. The van der Waals surface area contributed by atoms with Gasteiger partial charge in [-0.3, -0.25) is 14.4 Å². The molecule has 8 aliphatic rings. The molecule has 0 spiro atoms. The van der Waals surface area contributed by atoms with Crippen molar-refractivity contribution in [2.75, 3.05) is 0 Å². The summed E-state index contributed by atoms with van der Waals surface area (Å²) in [5.74, 6) is 1.98. The standard InChI is InChI=1S/2C20H30O2.C20H28O2.4CH4/c3*1-13(2)14-6-8-16-15(12-14)7-9-17-19(16,3)10-5-11-20(17,4)18(21)22;;;;/h7,12-13,16-17H,5-6,8-11H2,1-4H3,(H,21,22);6,12-13,16-17H,5,7-11H2,1-4H3,(H,21,22);6,8,12-13,17H,5,7,9-11H2,1-4H3,(H,21,22);4*1H4. The van der Waals surface area contributed by atoms with Crippen LogP contribution < -0.4 is 0 Å². The molecule has 4 saturated carbocycles. The molecule has 11 unspecified atom stereocenters. The van der Waals surface area contributed by atoms with Crippen LogP contribution in [0.2, 0.25) is 0 Å². The molecule has 0 aliphatic heterocycles. The Morgan fingerprint density at radius 1 is 0.543 bits per heavy atom. The van der Waals surface area contributed by atoms with Crippen molar-refractivity contribution < 1.29 is 29.7 Å². The zero-order valence-electron chi connectivity index (χ0n) is 43.2. The number of carboxylic acid groups (broad SMARTS) is 3. The maximum atomic E-state index is 11.9. The maximum absolute atomic E-state index is 11.9. The first-order valence-corrected chi connectivity index (χ1v) is 26.5. The summed E-state index contributed by atoms with van der Waals surface area (Å²) in [7, 11) is 0. The molecule has 0 amide bonds. The molecule has 9 rings (SSSR count). The Balaban J connectivity index is 0.000000270. The van der Waals surface area contributed by atoms with Gasteiger partial charge in [0.1, 0.15) is 0 Å². The van der Waals surface area contributed by atoms with E-state index in [0.717, 1.165) is 83.5 Å². The molecule has 3 N–H and O–H groups in total. The average Bonchev–Trinajstić information content (AvgIpc) is 3.26. The number of carboxylic acids is 3. The topological polar surface area (TPSA) is 112 Å². The van der Waals surface area contributed by atoms with Crippen molar-refractivity contribution in [3.05, 3.63) is 81.5 Å². The lowest BCUT2D eigenvalue weighted by Crippen LogP contribution is -2.53. The van der Waals surface area contributed by atoms with Crippen LogP contribution in [0.5, 0.6) is 0 Å². The van der Waals surface area contributed by atoms with E-state index in [4.69, 9.17) is 0 Å². The van der Waals surface area contributed by atoms with Crippen molar-refractivity contribution in [1.82, 2.24) is 0 Å². The zero-order valence-corrected chi connectivity index (χ0v) is 43.2. The lowest BCUT2D eigenvalue weighted by Gasteiger charge is -2.57. The van der Waals surface area contributed by atoms with Gasteiger partial charge < -0.3 is 15.3 Å². The van der Waals surface area contributed by atoms with Gasteiger partial charge in [-0.15, -0.1) is 0 Å². The predicted octanol–water partition coefficient (Wildman–Crippen LogP) is 17.9. The van der Waals surface area contributed by atoms with Crippen molar-refractivity contribution in [1.29, 1.82) is 0 Å². The number of hydrogen-bond donors (Lipinski definition) is 3. The van der Waals surface area contributed by atoms with Crippen molar-refractivity contribution >= 4 is 17.9 Å². The third kappa shape index (κ3) is 10.4. The normalized spacial score (nSPS) is 36.7. The molecule has 11 atom stereocenters. The van der Waals surface area contributed by atoms with Crippen molar-refractivity contribution in [3.8, 4) is 0 Å². The molecular formula is C64H104O6. The minimum Gasteiger partial charge on any atom is -0.481 e. The zero-order chi connectivity index (χ0) is 48.4. The fourth-order valence-corrected chi connectivity index (χ4v) is 16.4. The third-order valence-electron chi connectivity index (χ3n) is 20.6. The smallest absolute Gasteiger partial charge is 0.309 e. The van der Waals surface area contributed by atoms with E-state index in [2.05, 4.69) is 105 Å². The second kappa shape index (κ2) is 22.4. The largest absolute Gasteiger partial charge is 0.481 e. The molecule has 1 aromatic rings. The first-order valence-electron chi connectivity index (χ1n) is 26.5. The fraction of sp³-hybridized carbons (Fsp3) is 0.734. The Hall–Kier alpha value is -3.41. The summed E-state index contributed by atoms with van der Waals surface area (Å²) in [5.41, 5.74) is 9.13. The molecule has 1 aromatic carbocycles. The molecule has 0 heterocycles. The Bertz CT molecular complexity index is 2160. The summed E-state index contributed by atoms with van der Waals surface area (Å²) >= 11 is 0. The number of hydrogen-bond acceptors (Lipinski definition) is 3. The van der Waals surface area contributed by atoms with Gasteiger partial charge in [0.25, 0.3) is 0 Å². The van der Waals surface area contributed by atoms with Gasteiger partial charge in [-0.1, -0.05) is 165 Å². The third-order valence-corrected chi connectivity index (χ3v) is 20.6. The van der Waals surface area contributed by atoms with Crippen LogP contribution in [0.25, 0.3) is 0 Å². The van der Waals surface area contributed by atoms with Crippen LogP contribution in [0.1, 0.15) is 238 Å². The number of aryl methyl sites for hydroxylation is 1. The van der Waals surface area contributed by atoms with E-state index < -0.39 is 34.2 Å². The van der Waals surface area contributed by atoms with Crippen LogP contribution in [-0.2, 0) is 26.2 Å². The minimum absolute atomic E-state index is 0. The number of fused-ring (bicyclic) bond motifs is 9. The van der Waals surface area contributed by atoms with Gasteiger partial charge in [0, 0.05) is 0 Å². The molecular weight excluding hydrogens is 865 g/mol. The highest BCUT2D eigenvalue weighted by Crippen LogP contribution is 2.64. The summed E-state index contributed by atoms with van der Waals surface area (Å²) in [5, 5.41) is 29.5. The van der Waals surface area contributed by atoms with E-state index in [1.807, 2.05) is 20.8 Å². The molecule has 8 aliphatic carbocycles. The number of rotatable bonds is 6. The van der Waals surface area contributed by atoms with E-state index in [0.29, 0.717) is 35.5 Å². The summed E-state index contributed by atoms with van der Waals surface area (Å²) in [6.45, 7) is 26.6. The summed E-state index contributed by atoms with van der Waals surface area (Å²) in [6.07, 6.45) is 27.4. The van der Waals surface area contributed by atoms with E-state index in [1.54, 1.807) is 11.1 Å². The first kappa shape index (κ1) is 60.9. The van der Waals surface area contributed by atoms with Gasteiger partial charge in [-0.05, 0) is 202 Å². The number of carbonyl (C=O) groups is 3. The Morgan fingerprint density at radius 3 is 1.61 bits per heavy atom. The van der Waals surface area contributed by atoms with Crippen LogP contribution >= 0.6 is 0 Å². The Labute approximate surface area is 429 Å². The van der Waals surface area contributed by atoms with Crippen LogP contribution in [0.15, 0.2) is 64.8 Å². The van der Waals surface area contributed by atoms with Gasteiger partial charge in [-0.2, -0.15) is 0 Å². The van der Waals surface area contributed by atoms with Crippen LogP contribution in [0.3, 0.4) is 0 Å². The molecule has 0 bridgehead atoms. The predicted molar refractivity (Wildman–Crippen MR) is 295 cm³/mol. The SMILES string of the molecule is C.C.C.C.CC(C)C1=CC2=CCC3C(C)(C(=O)O)CCCC3(C)C2CC1.CC(C)C1=CCC2C(=C1)CCC1C(C)(C(=O)O)CCCC21C.CC(C)c1ccc2c(c1)CCC1C(C)(C(=O)O)CCCC21C. The Morgan fingerprint density at radius 2 is 1.07 bits per heavy atom. The highest BCUT2D eigenvalue weighted by molar-refractivity contribution is 5.76. The Kier molecular flexibility index (Phi) is 19.5. The fourth-order valence-electron chi connectivity index (χ4n) is 16.4. The van der Waals surface area contributed by atoms with Crippen molar-refractivity contribution in [2.24, 2.45) is 68.5 Å². The summed E-state index contributed by atoms with van der Waals surface area (Å²) in [4.78, 5) is 35.8. The van der Waals surface area contributed by atoms with Crippen molar-refractivity contribution in [3.63, 3.8) is 0 Å². The van der Waals surface area contributed by atoms with E-state index >= 15 is 0 Å². The molecule has 70 heavy (non-hydrogen) atoms. The van der Waals surface area contributed by atoms with Gasteiger partial charge in [0.15, 0.2) is 0 Å². The van der Waals surface area contributed by atoms with E-state index in [1.165, 1.54) is 53.5 Å². The number of allylic oxidation sites excluding steroid dienone is 8.